The lowest BCUT2D eigenvalue weighted by molar-refractivity contribution is -0.384. The first-order valence-electron chi connectivity index (χ1n) is 6.07. The van der Waals surface area contributed by atoms with Gasteiger partial charge in [-0.3, -0.25) is 14.8 Å². The molecule has 0 unspecified atom stereocenters. The van der Waals surface area contributed by atoms with Crippen molar-refractivity contribution >= 4 is 27.3 Å². The maximum atomic E-state index is 10.7. The Balaban J connectivity index is 2.17. The van der Waals surface area contributed by atoms with Gasteiger partial charge < -0.3 is 5.32 Å². The number of halogens is 1. The molecule has 0 spiro atoms. The van der Waals surface area contributed by atoms with Gasteiger partial charge in [0.15, 0.2) is 0 Å². The number of non-ortho nitro benzene ring substituents is 1. The van der Waals surface area contributed by atoms with Gasteiger partial charge in [-0.15, -0.1) is 0 Å². The van der Waals surface area contributed by atoms with E-state index in [1.807, 2.05) is 25.6 Å². The minimum absolute atomic E-state index is 0.0659. The summed E-state index contributed by atoms with van der Waals surface area (Å²) in [4.78, 5) is 10.3. The number of aromatic nitrogens is 2. The van der Waals surface area contributed by atoms with Crippen molar-refractivity contribution in [3.8, 4) is 0 Å². The standard InChI is InChI=1S/C13H15BrN4O2/c1-8-11(9(2)17(3)16-8)7-15-13-5-4-10(18(19)20)6-12(13)14/h4-6,15H,7H2,1-3H3. The summed E-state index contributed by atoms with van der Waals surface area (Å²) >= 11 is 3.34. The second kappa shape index (κ2) is 5.62. The highest BCUT2D eigenvalue weighted by Gasteiger charge is 2.11. The van der Waals surface area contributed by atoms with Crippen molar-refractivity contribution in [3.63, 3.8) is 0 Å². The lowest BCUT2D eigenvalue weighted by Crippen LogP contribution is -2.03. The van der Waals surface area contributed by atoms with Gasteiger partial charge in [0.05, 0.1) is 10.6 Å². The molecule has 0 radical (unpaired) electrons. The van der Waals surface area contributed by atoms with Gasteiger partial charge in [-0.2, -0.15) is 5.10 Å². The minimum atomic E-state index is -0.413. The molecule has 0 aliphatic rings. The molecule has 0 aliphatic heterocycles. The Bertz CT molecular complexity index is 667. The fraction of sp³-hybridized carbons (Fsp3) is 0.308. The summed E-state index contributed by atoms with van der Waals surface area (Å²) in [5.74, 6) is 0. The molecule has 0 aliphatic carbocycles. The van der Waals surface area contributed by atoms with Crippen LogP contribution in [0.15, 0.2) is 22.7 Å². The van der Waals surface area contributed by atoms with Crippen LogP contribution >= 0.6 is 15.9 Å². The van der Waals surface area contributed by atoms with Crippen LogP contribution in [0.25, 0.3) is 0 Å². The molecule has 1 heterocycles. The lowest BCUT2D eigenvalue weighted by Gasteiger charge is -2.09. The van der Waals surface area contributed by atoms with Gasteiger partial charge in [0.1, 0.15) is 0 Å². The highest BCUT2D eigenvalue weighted by atomic mass is 79.9. The third kappa shape index (κ3) is 2.82. The third-order valence-electron chi connectivity index (χ3n) is 3.28. The predicted octanol–water partition coefficient (Wildman–Crippen LogP) is 3.32. The van der Waals surface area contributed by atoms with Crippen LogP contribution in [0.3, 0.4) is 0 Å². The fourth-order valence-corrected chi connectivity index (χ4v) is 2.52. The Morgan fingerprint density at radius 1 is 1.45 bits per heavy atom. The number of rotatable bonds is 4. The highest BCUT2D eigenvalue weighted by Crippen LogP contribution is 2.27. The first-order chi connectivity index (χ1) is 9.40. The molecule has 20 heavy (non-hydrogen) atoms. The number of hydrogen-bond donors (Lipinski definition) is 1. The number of nitro benzene ring substituents is 1. The van der Waals surface area contributed by atoms with E-state index < -0.39 is 4.92 Å². The first kappa shape index (κ1) is 14.5. The zero-order chi connectivity index (χ0) is 14.9. The zero-order valence-electron chi connectivity index (χ0n) is 11.5. The van der Waals surface area contributed by atoms with E-state index in [1.165, 1.54) is 12.1 Å². The summed E-state index contributed by atoms with van der Waals surface area (Å²) in [6, 6.07) is 4.67. The van der Waals surface area contributed by atoms with Crippen molar-refractivity contribution in [2.75, 3.05) is 5.32 Å². The molecule has 106 valence electrons. The number of benzene rings is 1. The molecule has 1 aromatic carbocycles. The molecule has 7 heteroatoms. The molecule has 1 N–H and O–H groups in total. The summed E-state index contributed by atoms with van der Waals surface area (Å²) in [7, 11) is 1.91. The average molecular weight is 339 g/mol. The van der Waals surface area contributed by atoms with Crippen LogP contribution in [0.1, 0.15) is 17.0 Å². The van der Waals surface area contributed by atoms with Crippen molar-refractivity contribution in [2.45, 2.75) is 20.4 Å². The second-order valence-electron chi connectivity index (χ2n) is 4.55. The molecule has 2 rings (SSSR count). The number of aryl methyl sites for hydroxylation is 2. The van der Waals surface area contributed by atoms with Crippen LogP contribution in [0.2, 0.25) is 0 Å². The predicted molar refractivity (Wildman–Crippen MR) is 80.8 cm³/mol. The molecule has 0 fully saturated rings. The molecular formula is C13H15BrN4O2. The number of hydrogen-bond acceptors (Lipinski definition) is 4. The Morgan fingerprint density at radius 3 is 2.65 bits per heavy atom. The van der Waals surface area contributed by atoms with Crippen LogP contribution in [-0.4, -0.2) is 14.7 Å². The van der Waals surface area contributed by atoms with Gasteiger partial charge in [-0.25, -0.2) is 0 Å². The van der Waals surface area contributed by atoms with Crippen molar-refractivity contribution in [3.05, 3.63) is 49.7 Å². The zero-order valence-corrected chi connectivity index (χ0v) is 13.1. The monoisotopic (exact) mass is 338 g/mol. The van der Waals surface area contributed by atoms with Crippen molar-refractivity contribution < 1.29 is 4.92 Å². The second-order valence-corrected chi connectivity index (χ2v) is 5.40. The van der Waals surface area contributed by atoms with E-state index in [-0.39, 0.29) is 5.69 Å². The lowest BCUT2D eigenvalue weighted by atomic mass is 10.2. The summed E-state index contributed by atoms with van der Waals surface area (Å²) in [5.41, 5.74) is 4.11. The number of nitrogens with zero attached hydrogens (tertiary/aromatic N) is 3. The smallest absolute Gasteiger partial charge is 0.270 e. The van der Waals surface area contributed by atoms with Gasteiger partial charge in [0, 0.05) is 47.1 Å². The number of nitro groups is 1. The van der Waals surface area contributed by atoms with Crippen molar-refractivity contribution in [1.29, 1.82) is 0 Å². The number of nitrogens with one attached hydrogen (secondary N) is 1. The maximum Gasteiger partial charge on any atom is 0.270 e. The van der Waals surface area contributed by atoms with E-state index >= 15 is 0 Å². The van der Waals surface area contributed by atoms with Gasteiger partial charge in [-0.05, 0) is 35.8 Å². The van der Waals surface area contributed by atoms with Gasteiger partial charge in [0.2, 0.25) is 0 Å². The number of anilines is 1. The Labute approximate surface area is 125 Å². The Kier molecular flexibility index (Phi) is 4.08. The van der Waals surface area contributed by atoms with E-state index in [9.17, 15) is 10.1 Å². The summed E-state index contributed by atoms with van der Waals surface area (Å²) in [6.45, 7) is 4.61. The van der Waals surface area contributed by atoms with Crippen LogP contribution in [0.4, 0.5) is 11.4 Å². The molecule has 6 nitrogen and oxygen atoms in total. The SMILES string of the molecule is Cc1nn(C)c(C)c1CNc1ccc([N+](=O)[O-])cc1Br. The molecule has 2 aromatic rings. The van der Waals surface area contributed by atoms with Crippen molar-refractivity contribution in [1.82, 2.24) is 9.78 Å². The van der Waals surface area contributed by atoms with Crippen molar-refractivity contribution in [2.24, 2.45) is 7.05 Å². The minimum Gasteiger partial charge on any atom is -0.380 e. The van der Waals surface area contributed by atoms with E-state index in [2.05, 4.69) is 26.3 Å². The van der Waals surface area contributed by atoms with E-state index in [1.54, 1.807) is 6.07 Å². The molecule has 0 bridgehead atoms. The average Bonchev–Trinajstić information content (AvgIpc) is 2.62. The quantitative estimate of drug-likeness (QED) is 0.685. The Morgan fingerprint density at radius 2 is 2.15 bits per heavy atom. The normalized spacial score (nSPS) is 10.6. The van der Waals surface area contributed by atoms with E-state index in [0.29, 0.717) is 11.0 Å². The largest absolute Gasteiger partial charge is 0.380 e. The maximum absolute atomic E-state index is 10.7. The van der Waals surface area contributed by atoms with Gasteiger partial charge in [-0.1, -0.05) is 0 Å². The molecule has 0 saturated heterocycles. The molecule has 0 saturated carbocycles. The summed E-state index contributed by atoms with van der Waals surface area (Å²) < 4.78 is 2.52. The van der Waals surface area contributed by atoms with Gasteiger partial charge >= 0.3 is 0 Å². The van der Waals surface area contributed by atoms with E-state index in [0.717, 1.165) is 22.6 Å². The highest BCUT2D eigenvalue weighted by molar-refractivity contribution is 9.10. The molecule has 1 aromatic heterocycles. The fourth-order valence-electron chi connectivity index (χ4n) is 2.02. The molecule has 0 atom stereocenters. The summed E-state index contributed by atoms with van der Waals surface area (Å²) in [5, 5.41) is 18.3. The van der Waals surface area contributed by atoms with Crippen LogP contribution in [0, 0.1) is 24.0 Å². The van der Waals surface area contributed by atoms with Crippen LogP contribution in [-0.2, 0) is 13.6 Å². The third-order valence-corrected chi connectivity index (χ3v) is 3.93. The van der Waals surface area contributed by atoms with Crippen LogP contribution in [0.5, 0.6) is 0 Å². The van der Waals surface area contributed by atoms with Crippen LogP contribution < -0.4 is 5.32 Å². The van der Waals surface area contributed by atoms with E-state index in [4.69, 9.17) is 0 Å². The summed E-state index contributed by atoms with van der Waals surface area (Å²) in [6.07, 6.45) is 0. The first-order valence-corrected chi connectivity index (χ1v) is 6.86. The Hall–Kier alpha value is -1.89. The molecular weight excluding hydrogens is 324 g/mol. The van der Waals surface area contributed by atoms with Gasteiger partial charge in [0.25, 0.3) is 5.69 Å². The topological polar surface area (TPSA) is 73.0 Å². The molecule has 0 amide bonds.